The van der Waals surface area contributed by atoms with Crippen LogP contribution in [0.2, 0.25) is 0 Å². The predicted molar refractivity (Wildman–Crippen MR) is 80.8 cm³/mol. The number of carbonyl (C=O) groups excluding carboxylic acids is 1. The Hall–Kier alpha value is -1.45. The number of aromatic nitrogens is 1. The standard InChI is InChI=1S/C16H26N2O2/c1-2-3-4-5-6-7-10-20-16(19)15-11-13(17)12-18(15)14-8-9-14/h11-12,14H,2-10,17H2,1H3. The van der Waals surface area contributed by atoms with Gasteiger partial charge in [-0.15, -0.1) is 0 Å². The van der Waals surface area contributed by atoms with Crippen LogP contribution in [-0.4, -0.2) is 17.1 Å². The highest BCUT2D eigenvalue weighted by Crippen LogP contribution is 2.37. The zero-order chi connectivity index (χ0) is 14.4. The monoisotopic (exact) mass is 278 g/mol. The molecule has 20 heavy (non-hydrogen) atoms. The van der Waals surface area contributed by atoms with E-state index in [1.807, 2.05) is 10.8 Å². The zero-order valence-electron chi connectivity index (χ0n) is 12.4. The Morgan fingerprint density at radius 3 is 2.70 bits per heavy atom. The van der Waals surface area contributed by atoms with Gasteiger partial charge in [0.2, 0.25) is 0 Å². The third kappa shape index (κ3) is 4.29. The average molecular weight is 278 g/mol. The summed E-state index contributed by atoms with van der Waals surface area (Å²) < 4.78 is 7.32. The number of rotatable bonds is 9. The molecule has 0 atom stereocenters. The summed E-state index contributed by atoms with van der Waals surface area (Å²) in [5.74, 6) is -0.234. The van der Waals surface area contributed by atoms with E-state index in [0.717, 1.165) is 25.7 Å². The molecule has 1 aliphatic carbocycles. The van der Waals surface area contributed by atoms with Crippen molar-refractivity contribution in [2.24, 2.45) is 0 Å². The lowest BCUT2D eigenvalue weighted by Crippen LogP contribution is -2.11. The van der Waals surface area contributed by atoms with E-state index in [1.54, 1.807) is 6.07 Å². The number of esters is 1. The zero-order valence-corrected chi connectivity index (χ0v) is 12.4. The van der Waals surface area contributed by atoms with Crippen molar-refractivity contribution in [3.05, 3.63) is 18.0 Å². The first kappa shape index (κ1) is 14.9. The molecule has 0 aromatic carbocycles. The molecule has 2 rings (SSSR count). The lowest BCUT2D eigenvalue weighted by Gasteiger charge is -2.08. The van der Waals surface area contributed by atoms with Crippen molar-refractivity contribution in [3.8, 4) is 0 Å². The molecule has 0 aliphatic heterocycles. The molecule has 1 fully saturated rings. The second-order valence-electron chi connectivity index (χ2n) is 5.70. The first-order chi connectivity index (χ1) is 9.72. The van der Waals surface area contributed by atoms with Crippen LogP contribution in [0.5, 0.6) is 0 Å². The average Bonchev–Trinajstić information content (AvgIpc) is 3.20. The fourth-order valence-electron chi connectivity index (χ4n) is 2.44. The van der Waals surface area contributed by atoms with Crippen molar-refractivity contribution < 1.29 is 9.53 Å². The van der Waals surface area contributed by atoms with E-state index in [0.29, 0.717) is 24.0 Å². The summed E-state index contributed by atoms with van der Waals surface area (Å²) in [5, 5.41) is 0. The van der Waals surface area contributed by atoms with Crippen LogP contribution in [-0.2, 0) is 4.74 Å². The van der Waals surface area contributed by atoms with Crippen LogP contribution in [0.15, 0.2) is 12.3 Å². The number of anilines is 1. The highest BCUT2D eigenvalue weighted by atomic mass is 16.5. The number of unbranched alkanes of at least 4 members (excludes halogenated alkanes) is 5. The molecule has 0 bridgehead atoms. The summed E-state index contributed by atoms with van der Waals surface area (Å²) in [5.41, 5.74) is 7.03. The van der Waals surface area contributed by atoms with Crippen LogP contribution >= 0.6 is 0 Å². The fourth-order valence-corrected chi connectivity index (χ4v) is 2.44. The van der Waals surface area contributed by atoms with Crippen molar-refractivity contribution in [3.63, 3.8) is 0 Å². The van der Waals surface area contributed by atoms with Crippen molar-refractivity contribution >= 4 is 11.7 Å². The number of nitrogen functional groups attached to an aromatic ring is 1. The van der Waals surface area contributed by atoms with Gasteiger partial charge in [0, 0.05) is 12.2 Å². The molecule has 0 saturated heterocycles. The third-order valence-electron chi connectivity index (χ3n) is 3.75. The molecule has 2 N–H and O–H groups in total. The van der Waals surface area contributed by atoms with E-state index in [9.17, 15) is 4.79 Å². The Bertz CT molecular complexity index is 436. The van der Waals surface area contributed by atoms with Gasteiger partial charge in [-0.3, -0.25) is 0 Å². The van der Waals surface area contributed by atoms with Gasteiger partial charge >= 0.3 is 5.97 Å². The third-order valence-corrected chi connectivity index (χ3v) is 3.75. The second-order valence-corrected chi connectivity index (χ2v) is 5.70. The molecule has 4 heteroatoms. The van der Waals surface area contributed by atoms with Crippen molar-refractivity contribution in [2.45, 2.75) is 64.3 Å². The molecular weight excluding hydrogens is 252 g/mol. The summed E-state index contributed by atoms with van der Waals surface area (Å²) in [4.78, 5) is 12.0. The Kier molecular flexibility index (Phi) is 5.50. The van der Waals surface area contributed by atoms with E-state index in [-0.39, 0.29) is 5.97 Å². The molecule has 1 saturated carbocycles. The van der Waals surface area contributed by atoms with Gasteiger partial charge in [0.15, 0.2) is 0 Å². The van der Waals surface area contributed by atoms with Gasteiger partial charge in [-0.05, 0) is 25.3 Å². The minimum atomic E-state index is -0.234. The van der Waals surface area contributed by atoms with Gasteiger partial charge in [0.25, 0.3) is 0 Å². The molecule has 1 aromatic rings. The summed E-state index contributed by atoms with van der Waals surface area (Å²) in [7, 11) is 0. The molecule has 0 unspecified atom stereocenters. The highest BCUT2D eigenvalue weighted by Gasteiger charge is 2.28. The maximum absolute atomic E-state index is 12.0. The smallest absolute Gasteiger partial charge is 0.355 e. The summed E-state index contributed by atoms with van der Waals surface area (Å²) in [6.07, 6.45) is 11.3. The number of nitrogens with zero attached hydrogens (tertiary/aromatic N) is 1. The first-order valence-electron chi connectivity index (χ1n) is 7.87. The molecule has 0 amide bonds. The van der Waals surface area contributed by atoms with Gasteiger partial charge in [0.1, 0.15) is 5.69 Å². The maximum Gasteiger partial charge on any atom is 0.355 e. The van der Waals surface area contributed by atoms with Gasteiger partial charge in [0.05, 0.1) is 12.3 Å². The molecule has 1 aromatic heterocycles. The number of carbonyl (C=O) groups is 1. The summed E-state index contributed by atoms with van der Waals surface area (Å²) in [6.45, 7) is 2.73. The normalized spacial score (nSPS) is 14.4. The minimum absolute atomic E-state index is 0.234. The molecule has 0 radical (unpaired) electrons. The first-order valence-corrected chi connectivity index (χ1v) is 7.87. The molecule has 1 aliphatic rings. The lowest BCUT2D eigenvalue weighted by molar-refractivity contribution is 0.0485. The Balaban J connectivity index is 1.69. The van der Waals surface area contributed by atoms with Crippen molar-refractivity contribution in [1.82, 2.24) is 4.57 Å². The van der Waals surface area contributed by atoms with E-state index in [2.05, 4.69) is 6.92 Å². The summed E-state index contributed by atoms with van der Waals surface area (Å²) in [6, 6.07) is 2.17. The SMILES string of the molecule is CCCCCCCCOC(=O)c1cc(N)cn1C1CC1. The Labute approximate surface area is 121 Å². The molecular formula is C16H26N2O2. The number of ether oxygens (including phenoxy) is 1. The highest BCUT2D eigenvalue weighted by molar-refractivity contribution is 5.89. The minimum Gasteiger partial charge on any atom is -0.461 e. The van der Waals surface area contributed by atoms with Gasteiger partial charge in [-0.2, -0.15) is 0 Å². The molecule has 4 nitrogen and oxygen atoms in total. The number of hydrogen-bond acceptors (Lipinski definition) is 3. The van der Waals surface area contributed by atoms with Crippen LogP contribution in [0.3, 0.4) is 0 Å². The van der Waals surface area contributed by atoms with Gasteiger partial charge in [-0.25, -0.2) is 4.79 Å². The van der Waals surface area contributed by atoms with Crippen LogP contribution in [0, 0.1) is 0 Å². The second kappa shape index (κ2) is 7.36. The largest absolute Gasteiger partial charge is 0.461 e. The Morgan fingerprint density at radius 2 is 2.00 bits per heavy atom. The van der Waals surface area contributed by atoms with Crippen LogP contribution in [0.1, 0.15) is 74.8 Å². The lowest BCUT2D eigenvalue weighted by atomic mass is 10.1. The number of nitrogens with two attached hydrogens (primary N) is 1. The summed E-state index contributed by atoms with van der Waals surface area (Å²) >= 11 is 0. The van der Waals surface area contributed by atoms with Crippen LogP contribution in [0.4, 0.5) is 5.69 Å². The van der Waals surface area contributed by atoms with Crippen LogP contribution in [0.25, 0.3) is 0 Å². The topological polar surface area (TPSA) is 57.2 Å². The predicted octanol–water partition coefficient (Wildman–Crippen LogP) is 3.92. The fraction of sp³-hybridized carbons (Fsp3) is 0.688. The van der Waals surface area contributed by atoms with Crippen LogP contribution < -0.4 is 5.73 Å². The Morgan fingerprint density at radius 1 is 1.30 bits per heavy atom. The van der Waals surface area contributed by atoms with Gasteiger partial charge < -0.3 is 15.0 Å². The molecule has 112 valence electrons. The van der Waals surface area contributed by atoms with E-state index < -0.39 is 0 Å². The van der Waals surface area contributed by atoms with E-state index in [4.69, 9.17) is 10.5 Å². The maximum atomic E-state index is 12.0. The quantitative estimate of drug-likeness (QED) is 0.550. The molecule has 0 spiro atoms. The van der Waals surface area contributed by atoms with Gasteiger partial charge in [-0.1, -0.05) is 39.0 Å². The van der Waals surface area contributed by atoms with Crippen molar-refractivity contribution in [2.75, 3.05) is 12.3 Å². The number of hydrogen-bond donors (Lipinski definition) is 1. The molecule has 1 heterocycles. The van der Waals surface area contributed by atoms with Crippen molar-refractivity contribution in [1.29, 1.82) is 0 Å². The van der Waals surface area contributed by atoms with E-state index in [1.165, 1.54) is 25.7 Å². The van der Waals surface area contributed by atoms with E-state index >= 15 is 0 Å².